The molecule has 1 unspecified atom stereocenters. The van der Waals surface area contributed by atoms with Crippen LogP contribution in [0.3, 0.4) is 0 Å². The number of carbonyl (C=O) groups is 1. The molecule has 6 heteroatoms. The van der Waals surface area contributed by atoms with Crippen molar-refractivity contribution in [2.24, 2.45) is 0 Å². The minimum Gasteiger partial charge on any atom is -0.497 e. The third-order valence-electron chi connectivity index (χ3n) is 3.83. The van der Waals surface area contributed by atoms with Gasteiger partial charge in [-0.3, -0.25) is 4.79 Å². The molecule has 0 spiro atoms. The smallest absolute Gasteiger partial charge is 0.251 e. The van der Waals surface area contributed by atoms with Gasteiger partial charge in [0, 0.05) is 30.8 Å². The van der Waals surface area contributed by atoms with E-state index in [-0.39, 0.29) is 12.0 Å². The van der Waals surface area contributed by atoms with Gasteiger partial charge < -0.3 is 24.3 Å². The predicted molar refractivity (Wildman–Crippen MR) is 94.6 cm³/mol. The summed E-state index contributed by atoms with van der Waals surface area (Å²) < 4.78 is 21.3. The lowest BCUT2D eigenvalue weighted by Crippen LogP contribution is -2.29. The lowest BCUT2D eigenvalue weighted by atomic mass is 10.1. The standard InChI is InChI=1S/C19H23NO5/c1-22-14-9-13(10-15(11-14)23-2)19(21)20-12-18(25-4)16-7-5-6-8-17(16)24-3/h5-11,18H,12H2,1-4H3,(H,20,21). The van der Waals surface area contributed by atoms with E-state index >= 15 is 0 Å². The molecule has 6 nitrogen and oxygen atoms in total. The van der Waals surface area contributed by atoms with Gasteiger partial charge in [-0.05, 0) is 18.2 Å². The molecule has 0 saturated carbocycles. The fourth-order valence-electron chi connectivity index (χ4n) is 2.48. The highest BCUT2D eigenvalue weighted by atomic mass is 16.5. The van der Waals surface area contributed by atoms with Crippen LogP contribution in [-0.4, -0.2) is 40.9 Å². The van der Waals surface area contributed by atoms with Crippen LogP contribution < -0.4 is 19.5 Å². The van der Waals surface area contributed by atoms with Gasteiger partial charge in [-0.15, -0.1) is 0 Å². The van der Waals surface area contributed by atoms with Crippen molar-refractivity contribution in [1.29, 1.82) is 0 Å². The largest absolute Gasteiger partial charge is 0.497 e. The lowest BCUT2D eigenvalue weighted by Gasteiger charge is -2.19. The van der Waals surface area contributed by atoms with E-state index in [9.17, 15) is 4.79 Å². The first-order chi connectivity index (χ1) is 12.1. The van der Waals surface area contributed by atoms with Crippen LogP contribution in [0.2, 0.25) is 0 Å². The normalized spacial score (nSPS) is 11.5. The fourth-order valence-corrected chi connectivity index (χ4v) is 2.48. The Morgan fingerprint density at radius 3 is 2.16 bits per heavy atom. The fraction of sp³-hybridized carbons (Fsp3) is 0.316. The van der Waals surface area contributed by atoms with Gasteiger partial charge in [0.1, 0.15) is 23.4 Å². The van der Waals surface area contributed by atoms with E-state index in [1.807, 2.05) is 24.3 Å². The van der Waals surface area contributed by atoms with Gasteiger partial charge in [0.2, 0.25) is 0 Å². The van der Waals surface area contributed by atoms with E-state index in [0.717, 1.165) is 5.56 Å². The zero-order chi connectivity index (χ0) is 18.2. The van der Waals surface area contributed by atoms with Crippen molar-refractivity contribution in [2.75, 3.05) is 35.0 Å². The monoisotopic (exact) mass is 345 g/mol. The lowest BCUT2D eigenvalue weighted by molar-refractivity contribution is 0.0818. The number of ether oxygens (including phenoxy) is 4. The van der Waals surface area contributed by atoms with Crippen LogP contribution >= 0.6 is 0 Å². The second-order valence-electron chi connectivity index (χ2n) is 5.28. The molecule has 0 fully saturated rings. The predicted octanol–water partition coefficient (Wildman–Crippen LogP) is 2.83. The second-order valence-corrected chi connectivity index (χ2v) is 5.28. The van der Waals surface area contributed by atoms with Crippen molar-refractivity contribution >= 4 is 5.91 Å². The third kappa shape index (κ3) is 4.64. The average molecular weight is 345 g/mol. The summed E-state index contributed by atoms with van der Waals surface area (Å²) in [6, 6.07) is 12.6. The summed E-state index contributed by atoms with van der Waals surface area (Å²) in [7, 11) is 6.28. The highest BCUT2D eigenvalue weighted by Crippen LogP contribution is 2.27. The topological polar surface area (TPSA) is 66.0 Å². The van der Waals surface area contributed by atoms with Crippen molar-refractivity contribution in [2.45, 2.75) is 6.10 Å². The Hall–Kier alpha value is -2.73. The van der Waals surface area contributed by atoms with Crippen LogP contribution in [-0.2, 0) is 4.74 Å². The number of nitrogens with one attached hydrogen (secondary N) is 1. The molecule has 1 amide bonds. The summed E-state index contributed by atoms with van der Waals surface area (Å²) in [5.74, 6) is 1.58. The molecule has 2 aromatic carbocycles. The quantitative estimate of drug-likeness (QED) is 0.797. The molecule has 0 aliphatic rings. The van der Waals surface area contributed by atoms with Crippen molar-refractivity contribution in [3.63, 3.8) is 0 Å². The van der Waals surface area contributed by atoms with Gasteiger partial charge in [0.15, 0.2) is 0 Å². The molecule has 0 bridgehead atoms. The van der Waals surface area contributed by atoms with Gasteiger partial charge >= 0.3 is 0 Å². The molecule has 0 saturated heterocycles. The van der Waals surface area contributed by atoms with E-state index in [0.29, 0.717) is 29.4 Å². The van der Waals surface area contributed by atoms with Crippen molar-refractivity contribution in [1.82, 2.24) is 5.32 Å². The van der Waals surface area contributed by atoms with Crippen molar-refractivity contribution in [3.8, 4) is 17.2 Å². The number of methoxy groups -OCH3 is 4. The Balaban J connectivity index is 2.12. The van der Waals surface area contributed by atoms with Gasteiger partial charge in [0.25, 0.3) is 5.91 Å². The Morgan fingerprint density at radius 2 is 1.60 bits per heavy atom. The second kappa shape index (κ2) is 8.94. The zero-order valence-corrected chi connectivity index (χ0v) is 14.9. The zero-order valence-electron chi connectivity index (χ0n) is 14.9. The summed E-state index contributed by atoms with van der Waals surface area (Å²) in [5, 5.41) is 2.87. The molecule has 0 radical (unpaired) electrons. The van der Waals surface area contributed by atoms with Crippen LogP contribution in [0.1, 0.15) is 22.0 Å². The highest BCUT2D eigenvalue weighted by molar-refractivity contribution is 5.95. The summed E-state index contributed by atoms with van der Waals surface area (Å²) in [6.45, 7) is 0.301. The molecule has 2 rings (SSSR count). The molecular weight excluding hydrogens is 322 g/mol. The Labute approximate surface area is 147 Å². The maximum atomic E-state index is 12.5. The van der Waals surface area contributed by atoms with Crippen LogP contribution in [0, 0.1) is 0 Å². The third-order valence-corrected chi connectivity index (χ3v) is 3.83. The summed E-state index contributed by atoms with van der Waals surface area (Å²) in [5.41, 5.74) is 1.32. The summed E-state index contributed by atoms with van der Waals surface area (Å²) in [6.07, 6.45) is -0.326. The number of rotatable bonds is 8. The number of benzene rings is 2. The van der Waals surface area contributed by atoms with Gasteiger partial charge in [-0.2, -0.15) is 0 Å². The number of hydrogen-bond acceptors (Lipinski definition) is 5. The first-order valence-corrected chi connectivity index (χ1v) is 7.80. The van der Waals surface area contributed by atoms with E-state index in [4.69, 9.17) is 18.9 Å². The first kappa shape index (κ1) is 18.6. The summed E-state index contributed by atoms with van der Waals surface area (Å²) >= 11 is 0. The van der Waals surface area contributed by atoms with Crippen LogP contribution in [0.25, 0.3) is 0 Å². The maximum absolute atomic E-state index is 12.5. The molecule has 0 aliphatic heterocycles. The number of hydrogen-bond donors (Lipinski definition) is 1. The van der Waals surface area contributed by atoms with E-state index in [2.05, 4.69) is 5.32 Å². The Bertz CT molecular complexity index is 694. The molecule has 2 aromatic rings. The molecule has 134 valence electrons. The maximum Gasteiger partial charge on any atom is 0.251 e. The van der Waals surface area contributed by atoms with Gasteiger partial charge in [-0.25, -0.2) is 0 Å². The average Bonchev–Trinajstić information content (AvgIpc) is 2.68. The number of amides is 1. The first-order valence-electron chi connectivity index (χ1n) is 7.80. The van der Waals surface area contributed by atoms with E-state index < -0.39 is 0 Å². The number of carbonyl (C=O) groups excluding carboxylic acids is 1. The summed E-state index contributed by atoms with van der Waals surface area (Å²) in [4.78, 5) is 12.5. The molecule has 1 N–H and O–H groups in total. The van der Waals surface area contributed by atoms with Crippen LogP contribution in [0.5, 0.6) is 17.2 Å². The Morgan fingerprint density at radius 1 is 0.960 bits per heavy atom. The van der Waals surface area contributed by atoms with Gasteiger partial charge in [0.05, 0.1) is 21.3 Å². The van der Waals surface area contributed by atoms with E-state index in [1.54, 1.807) is 46.6 Å². The molecule has 0 heterocycles. The molecule has 0 aromatic heterocycles. The Kier molecular flexibility index (Phi) is 6.65. The van der Waals surface area contributed by atoms with E-state index in [1.165, 1.54) is 0 Å². The molecule has 25 heavy (non-hydrogen) atoms. The molecule has 0 aliphatic carbocycles. The van der Waals surface area contributed by atoms with Crippen molar-refractivity contribution in [3.05, 3.63) is 53.6 Å². The SMILES string of the molecule is COc1cc(OC)cc(C(=O)NCC(OC)c2ccccc2OC)c1. The highest BCUT2D eigenvalue weighted by Gasteiger charge is 2.17. The number of para-hydroxylation sites is 1. The van der Waals surface area contributed by atoms with Crippen LogP contribution in [0.4, 0.5) is 0 Å². The van der Waals surface area contributed by atoms with Gasteiger partial charge in [-0.1, -0.05) is 18.2 Å². The minimum atomic E-state index is -0.326. The molecular formula is C19H23NO5. The van der Waals surface area contributed by atoms with Crippen molar-refractivity contribution < 1.29 is 23.7 Å². The van der Waals surface area contributed by atoms with Crippen LogP contribution in [0.15, 0.2) is 42.5 Å². The molecule has 1 atom stereocenters. The minimum absolute atomic E-state index is 0.242.